The van der Waals surface area contributed by atoms with Gasteiger partial charge in [-0.1, -0.05) is 73.6 Å². The van der Waals surface area contributed by atoms with Crippen LogP contribution in [0.3, 0.4) is 0 Å². The molecule has 45 heavy (non-hydrogen) atoms. The van der Waals surface area contributed by atoms with Gasteiger partial charge in [-0.25, -0.2) is 4.39 Å². The highest BCUT2D eigenvalue weighted by atomic mass is 32.2. The average Bonchev–Trinajstić information content (AvgIpc) is 3.29. The smallest absolute Gasteiger partial charge is 0.123 e. The molecular weight excluding hydrogens is 572 g/mol. The van der Waals surface area contributed by atoms with E-state index in [-0.39, 0.29) is 11.2 Å². The lowest BCUT2D eigenvalue weighted by Crippen LogP contribution is -2.17. The quantitative estimate of drug-likeness (QED) is 0.178. The largest absolute Gasteiger partial charge is 0.345 e. The van der Waals surface area contributed by atoms with Gasteiger partial charge < -0.3 is 9.80 Å². The molecule has 6 aromatic carbocycles. The Balaban J connectivity index is 1.23. The Kier molecular flexibility index (Phi) is 7.47. The maximum atomic E-state index is 13.6. The molecule has 0 heterocycles. The fourth-order valence-corrected chi connectivity index (χ4v) is 7.12. The van der Waals surface area contributed by atoms with Gasteiger partial charge in [0.05, 0.1) is 0 Å². The van der Waals surface area contributed by atoms with Crippen LogP contribution >= 0.6 is 11.8 Å². The van der Waals surface area contributed by atoms with E-state index in [9.17, 15) is 4.39 Å². The van der Waals surface area contributed by atoms with E-state index in [2.05, 4.69) is 146 Å². The van der Waals surface area contributed by atoms with Gasteiger partial charge in [0.15, 0.2) is 0 Å². The summed E-state index contributed by atoms with van der Waals surface area (Å²) >= 11 is 1.78. The normalized spacial score (nSPS) is 12.8. The lowest BCUT2D eigenvalue weighted by atomic mass is 9.82. The van der Waals surface area contributed by atoms with E-state index < -0.39 is 0 Å². The Morgan fingerprint density at radius 3 is 1.64 bits per heavy atom. The molecule has 4 heteroatoms. The Morgan fingerprint density at radius 2 is 1.02 bits per heavy atom. The van der Waals surface area contributed by atoms with Crippen molar-refractivity contribution in [1.82, 2.24) is 0 Å². The van der Waals surface area contributed by atoms with Gasteiger partial charge in [-0.15, -0.1) is 0 Å². The lowest BCUT2D eigenvalue weighted by Gasteiger charge is -2.28. The van der Waals surface area contributed by atoms with Crippen LogP contribution in [0.25, 0.3) is 11.1 Å². The van der Waals surface area contributed by atoms with Gasteiger partial charge in [-0.3, -0.25) is 0 Å². The molecule has 1 aliphatic carbocycles. The highest BCUT2D eigenvalue weighted by molar-refractivity contribution is 7.99. The summed E-state index contributed by atoms with van der Waals surface area (Å²) in [5.74, 6) is -0.227. The summed E-state index contributed by atoms with van der Waals surface area (Å²) in [6.07, 6.45) is 0. The number of hydrogen-bond acceptors (Lipinski definition) is 3. The molecule has 0 amide bonds. The van der Waals surface area contributed by atoms with Crippen LogP contribution in [0.1, 0.15) is 30.5 Å². The van der Waals surface area contributed by atoms with E-state index in [0.29, 0.717) is 0 Å². The lowest BCUT2D eigenvalue weighted by molar-refractivity contribution is 0.628. The number of para-hydroxylation sites is 1. The summed E-state index contributed by atoms with van der Waals surface area (Å²) in [5.41, 5.74) is 11.6. The second-order valence-corrected chi connectivity index (χ2v) is 13.3. The molecule has 0 saturated carbocycles. The first-order chi connectivity index (χ1) is 21.8. The van der Waals surface area contributed by atoms with Gasteiger partial charge in [0.1, 0.15) is 5.82 Å². The summed E-state index contributed by atoms with van der Waals surface area (Å²) in [6.45, 7) is 6.74. The molecule has 0 aromatic heterocycles. The number of anilines is 5. The number of hydrogen-bond donors (Lipinski definition) is 0. The number of fused-ring (bicyclic) bond motifs is 3. The fourth-order valence-electron chi connectivity index (χ4n) is 6.30. The zero-order valence-corrected chi connectivity index (χ0v) is 26.8. The van der Waals surface area contributed by atoms with E-state index in [0.717, 1.165) is 28.4 Å². The van der Waals surface area contributed by atoms with Crippen molar-refractivity contribution in [3.05, 3.63) is 162 Å². The summed E-state index contributed by atoms with van der Waals surface area (Å²) in [4.78, 5) is 6.90. The first-order valence-corrected chi connectivity index (χ1v) is 16.1. The van der Waals surface area contributed by atoms with E-state index >= 15 is 0 Å². The average molecular weight is 607 g/mol. The molecule has 222 valence electrons. The van der Waals surface area contributed by atoms with Crippen LogP contribution < -0.4 is 9.80 Å². The van der Waals surface area contributed by atoms with Crippen molar-refractivity contribution in [1.29, 1.82) is 0 Å². The number of rotatable bonds is 7. The molecule has 0 atom stereocenters. The maximum Gasteiger partial charge on any atom is 0.123 e. The van der Waals surface area contributed by atoms with Crippen LogP contribution in [0.4, 0.5) is 32.8 Å². The highest BCUT2D eigenvalue weighted by Gasteiger charge is 2.36. The molecule has 0 aliphatic heterocycles. The van der Waals surface area contributed by atoms with Crippen LogP contribution in [0, 0.1) is 12.7 Å². The molecule has 0 bridgehead atoms. The third kappa shape index (κ3) is 5.51. The van der Waals surface area contributed by atoms with Gasteiger partial charge in [-0.2, -0.15) is 0 Å². The van der Waals surface area contributed by atoms with Crippen molar-refractivity contribution in [3.8, 4) is 11.1 Å². The zero-order valence-electron chi connectivity index (χ0n) is 26.0. The molecule has 0 unspecified atom stereocenters. The molecule has 2 nitrogen and oxygen atoms in total. The van der Waals surface area contributed by atoms with Crippen molar-refractivity contribution in [2.45, 2.75) is 36.0 Å². The number of benzene rings is 6. The van der Waals surface area contributed by atoms with Crippen LogP contribution in [-0.2, 0) is 5.41 Å². The Morgan fingerprint density at radius 1 is 0.533 bits per heavy atom. The van der Waals surface area contributed by atoms with E-state index in [1.54, 1.807) is 11.8 Å². The van der Waals surface area contributed by atoms with Gasteiger partial charge in [0.25, 0.3) is 0 Å². The molecule has 0 saturated heterocycles. The van der Waals surface area contributed by atoms with Gasteiger partial charge in [0, 0.05) is 50.7 Å². The monoisotopic (exact) mass is 606 g/mol. The molecular formula is C41H35FN2S. The fraction of sp³-hybridized carbons (Fsp3) is 0.122. The summed E-state index contributed by atoms with van der Waals surface area (Å²) in [6, 6.07) is 48.3. The van der Waals surface area contributed by atoms with Crippen molar-refractivity contribution < 1.29 is 4.39 Å². The Hall–Kier alpha value is -4.80. The van der Waals surface area contributed by atoms with Gasteiger partial charge >= 0.3 is 0 Å². The van der Waals surface area contributed by atoms with Crippen molar-refractivity contribution in [3.63, 3.8) is 0 Å². The molecule has 7 rings (SSSR count). The topological polar surface area (TPSA) is 6.48 Å². The third-order valence-corrected chi connectivity index (χ3v) is 9.88. The minimum absolute atomic E-state index is 0.197. The molecule has 6 aromatic rings. The van der Waals surface area contributed by atoms with Gasteiger partial charge in [0.2, 0.25) is 0 Å². The first kappa shape index (κ1) is 28.9. The Bertz CT molecular complexity index is 1970. The number of nitrogens with zero attached hydrogens (tertiary/aromatic N) is 2. The SMILES string of the molecule is Cc1ccc(Sc2ccc(N(c3ccccc3)c3ccc4c(c3)C(C)(C)c3cc(N(C)c5ccc(F)cc5)ccc3-4)cc2)cc1. The van der Waals surface area contributed by atoms with Crippen LogP contribution in [0.15, 0.2) is 149 Å². The third-order valence-electron chi connectivity index (χ3n) is 8.87. The second kappa shape index (κ2) is 11.6. The van der Waals surface area contributed by atoms with E-state index in [4.69, 9.17) is 0 Å². The van der Waals surface area contributed by atoms with Crippen LogP contribution in [0.2, 0.25) is 0 Å². The van der Waals surface area contributed by atoms with Crippen LogP contribution in [-0.4, -0.2) is 7.05 Å². The second-order valence-electron chi connectivity index (χ2n) is 12.2. The number of aryl methyl sites for hydroxylation is 1. The first-order valence-electron chi connectivity index (χ1n) is 15.3. The molecule has 0 fully saturated rings. The molecule has 0 spiro atoms. The van der Waals surface area contributed by atoms with E-state index in [1.807, 2.05) is 19.2 Å². The predicted octanol–water partition coefficient (Wildman–Crippen LogP) is 11.8. The molecule has 0 radical (unpaired) electrons. The van der Waals surface area contributed by atoms with Crippen LogP contribution in [0.5, 0.6) is 0 Å². The molecule has 1 aliphatic rings. The van der Waals surface area contributed by atoms with Gasteiger partial charge in [-0.05, 0) is 126 Å². The predicted molar refractivity (Wildman–Crippen MR) is 188 cm³/mol. The maximum absolute atomic E-state index is 13.6. The zero-order chi connectivity index (χ0) is 31.1. The summed E-state index contributed by atoms with van der Waals surface area (Å²) in [7, 11) is 2.03. The minimum atomic E-state index is -0.227. The molecule has 0 N–H and O–H groups in total. The van der Waals surface area contributed by atoms with Crippen molar-refractivity contribution in [2.24, 2.45) is 0 Å². The number of halogens is 1. The highest BCUT2D eigenvalue weighted by Crippen LogP contribution is 2.52. The summed E-state index contributed by atoms with van der Waals surface area (Å²) in [5, 5.41) is 0. The minimum Gasteiger partial charge on any atom is -0.345 e. The van der Waals surface area contributed by atoms with Crippen molar-refractivity contribution >= 4 is 40.2 Å². The Labute approximate surface area is 269 Å². The van der Waals surface area contributed by atoms with E-state index in [1.165, 1.54) is 49.7 Å². The summed E-state index contributed by atoms with van der Waals surface area (Å²) < 4.78 is 13.6. The standard InChI is InChI=1S/C41H35FN2S/c1-28-10-20-35(21-11-28)45-36-22-16-32(17-23-36)44(31-8-6-5-7-9-31)34-19-25-38-37-24-18-33(26-39(37)41(2,3)40(38)27-34)43(4)30-14-12-29(42)13-15-30/h5-27H,1-4H3. The van der Waals surface area contributed by atoms with Crippen molar-refractivity contribution in [2.75, 3.05) is 16.8 Å².